The Morgan fingerprint density at radius 2 is 1.96 bits per heavy atom. The highest BCUT2D eigenvalue weighted by atomic mass is 16.5. The van der Waals surface area contributed by atoms with E-state index in [0.29, 0.717) is 30.4 Å². The summed E-state index contributed by atoms with van der Waals surface area (Å²) in [6.45, 7) is 5.57. The van der Waals surface area contributed by atoms with Crippen molar-refractivity contribution in [3.05, 3.63) is 29.8 Å². The molecule has 3 heterocycles. The number of ether oxygens (including phenoxy) is 2. The Hall–Kier alpha value is -1.57. The van der Waals surface area contributed by atoms with Crippen molar-refractivity contribution < 1.29 is 24.5 Å². The quantitative estimate of drug-likeness (QED) is 0.657. The molecule has 0 amide bonds. The first-order chi connectivity index (χ1) is 12.0. The van der Waals surface area contributed by atoms with E-state index in [1.165, 1.54) is 0 Å². The molecule has 144 valence electrons. The SMILES string of the molecule is B.CCOCC(C(=O)O)c1ccc(OCC2(O)CN3CCC2CC3)cc1. The van der Waals surface area contributed by atoms with Gasteiger partial charge in [-0.25, -0.2) is 0 Å². The lowest BCUT2D eigenvalue weighted by molar-refractivity contribution is -0.140. The summed E-state index contributed by atoms with van der Waals surface area (Å²) < 4.78 is 11.1. The molecular formula is C19H30BNO5. The molecule has 4 rings (SSSR count). The monoisotopic (exact) mass is 363 g/mol. The Kier molecular flexibility index (Phi) is 7.09. The molecule has 0 spiro atoms. The minimum atomic E-state index is -0.899. The maximum atomic E-state index is 11.4. The van der Waals surface area contributed by atoms with Crippen LogP contribution in [-0.4, -0.2) is 74.6 Å². The molecule has 3 aliphatic rings. The smallest absolute Gasteiger partial charge is 0.313 e. The second kappa shape index (κ2) is 8.89. The molecule has 0 aliphatic carbocycles. The van der Waals surface area contributed by atoms with Gasteiger partial charge >= 0.3 is 5.97 Å². The number of piperidine rings is 3. The number of carboxylic acid groups (broad SMARTS) is 1. The van der Waals surface area contributed by atoms with Crippen molar-refractivity contribution in [3.63, 3.8) is 0 Å². The largest absolute Gasteiger partial charge is 0.491 e. The van der Waals surface area contributed by atoms with Crippen molar-refractivity contribution in [1.29, 1.82) is 0 Å². The summed E-state index contributed by atoms with van der Waals surface area (Å²) in [7, 11) is 0. The van der Waals surface area contributed by atoms with Crippen molar-refractivity contribution in [2.75, 3.05) is 39.5 Å². The first-order valence-electron chi connectivity index (χ1n) is 9.00. The molecule has 2 atom stereocenters. The highest BCUT2D eigenvalue weighted by molar-refractivity contribution is 5.76. The number of nitrogens with zero attached hydrogens (tertiary/aromatic N) is 1. The van der Waals surface area contributed by atoms with Crippen molar-refractivity contribution >= 4 is 14.4 Å². The van der Waals surface area contributed by atoms with Crippen molar-refractivity contribution in [2.24, 2.45) is 5.92 Å². The van der Waals surface area contributed by atoms with Gasteiger partial charge in [0.15, 0.2) is 0 Å². The fraction of sp³-hybridized carbons (Fsp3) is 0.632. The number of fused-ring (bicyclic) bond motifs is 3. The Morgan fingerprint density at radius 1 is 1.31 bits per heavy atom. The van der Waals surface area contributed by atoms with Gasteiger partial charge in [-0.3, -0.25) is 4.79 Å². The van der Waals surface area contributed by atoms with Gasteiger partial charge in [0.2, 0.25) is 0 Å². The van der Waals surface area contributed by atoms with Crippen molar-refractivity contribution in [3.8, 4) is 5.75 Å². The predicted octanol–water partition coefficient (Wildman–Crippen LogP) is 0.543. The maximum absolute atomic E-state index is 11.4. The summed E-state index contributed by atoms with van der Waals surface area (Å²) in [5, 5.41) is 20.2. The topological polar surface area (TPSA) is 79.2 Å². The van der Waals surface area contributed by atoms with E-state index in [-0.39, 0.29) is 21.6 Å². The van der Waals surface area contributed by atoms with E-state index in [1.807, 2.05) is 6.92 Å². The molecular weight excluding hydrogens is 333 g/mol. The summed E-state index contributed by atoms with van der Waals surface area (Å²) in [4.78, 5) is 13.7. The fourth-order valence-corrected chi connectivity index (χ4v) is 3.86. The summed E-state index contributed by atoms with van der Waals surface area (Å²) >= 11 is 0. The number of rotatable bonds is 8. The number of carboxylic acids is 1. The van der Waals surface area contributed by atoms with E-state index in [0.717, 1.165) is 25.9 Å². The molecule has 3 aliphatic heterocycles. The Bertz CT molecular complexity index is 588. The van der Waals surface area contributed by atoms with Crippen LogP contribution in [0.1, 0.15) is 31.2 Å². The normalized spacial score (nSPS) is 28.2. The van der Waals surface area contributed by atoms with Gasteiger partial charge in [-0.15, -0.1) is 0 Å². The molecule has 1 aromatic carbocycles. The molecule has 2 N–H and O–H groups in total. The molecule has 0 saturated carbocycles. The van der Waals surface area contributed by atoms with Crippen LogP contribution in [0.2, 0.25) is 0 Å². The van der Waals surface area contributed by atoms with E-state index in [4.69, 9.17) is 9.47 Å². The highest BCUT2D eigenvalue weighted by Crippen LogP contribution is 2.36. The van der Waals surface area contributed by atoms with E-state index in [9.17, 15) is 15.0 Å². The zero-order valence-corrected chi connectivity index (χ0v) is 14.7. The lowest BCUT2D eigenvalue weighted by Crippen LogP contribution is -2.61. The van der Waals surface area contributed by atoms with E-state index in [2.05, 4.69) is 4.90 Å². The number of benzene rings is 1. The van der Waals surface area contributed by atoms with E-state index >= 15 is 0 Å². The molecule has 7 heteroatoms. The van der Waals surface area contributed by atoms with Crippen LogP contribution in [-0.2, 0) is 9.53 Å². The van der Waals surface area contributed by atoms with Crippen LogP contribution in [0.4, 0.5) is 0 Å². The number of hydrogen-bond acceptors (Lipinski definition) is 5. The summed E-state index contributed by atoms with van der Waals surface area (Å²) in [5.41, 5.74) is -0.0943. The molecule has 3 fully saturated rings. The average Bonchev–Trinajstić information content (AvgIpc) is 2.62. The van der Waals surface area contributed by atoms with Gasteiger partial charge in [0.1, 0.15) is 23.9 Å². The number of aliphatic hydroxyl groups is 1. The maximum Gasteiger partial charge on any atom is 0.313 e. The summed E-state index contributed by atoms with van der Waals surface area (Å²) in [5.74, 6) is -0.627. The third-order valence-corrected chi connectivity index (χ3v) is 5.40. The van der Waals surface area contributed by atoms with Crippen LogP contribution in [0.5, 0.6) is 5.75 Å². The molecule has 6 nitrogen and oxygen atoms in total. The molecule has 2 bridgehead atoms. The van der Waals surface area contributed by atoms with Gasteiger partial charge in [-0.1, -0.05) is 12.1 Å². The fourth-order valence-electron chi connectivity index (χ4n) is 3.86. The van der Waals surface area contributed by atoms with Crippen LogP contribution >= 0.6 is 0 Å². The van der Waals surface area contributed by atoms with Crippen LogP contribution in [0.15, 0.2) is 24.3 Å². The second-order valence-electron chi connectivity index (χ2n) is 7.06. The average molecular weight is 363 g/mol. The van der Waals surface area contributed by atoms with Crippen molar-refractivity contribution in [2.45, 2.75) is 31.3 Å². The minimum absolute atomic E-state index is 0. The lowest BCUT2D eigenvalue weighted by Gasteiger charge is -2.50. The molecule has 3 saturated heterocycles. The van der Waals surface area contributed by atoms with Crippen LogP contribution in [0.3, 0.4) is 0 Å². The number of aliphatic carboxylic acids is 1. The van der Waals surface area contributed by atoms with Gasteiger partial charge in [-0.2, -0.15) is 0 Å². The third kappa shape index (κ3) is 4.58. The van der Waals surface area contributed by atoms with Crippen LogP contribution < -0.4 is 4.74 Å². The van der Waals surface area contributed by atoms with Crippen molar-refractivity contribution in [1.82, 2.24) is 4.90 Å². The van der Waals surface area contributed by atoms with Gasteiger partial charge in [0, 0.05) is 13.2 Å². The second-order valence-corrected chi connectivity index (χ2v) is 7.06. The van der Waals surface area contributed by atoms with Crippen LogP contribution in [0, 0.1) is 5.92 Å². The van der Waals surface area contributed by atoms with Gasteiger partial charge < -0.3 is 24.6 Å². The molecule has 0 radical (unpaired) electrons. The predicted molar refractivity (Wildman–Crippen MR) is 103 cm³/mol. The molecule has 2 unspecified atom stereocenters. The minimum Gasteiger partial charge on any atom is -0.491 e. The summed E-state index contributed by atoms with van der Waals surface area (Å²) in [6, 6.07) is 7.05. The number of carbonyl (C=O) groups is 1. The van der Waals surface area contributed by atoms with E-state index < -0.39 is 17.5 Å². The van der Waals surface area contributed by atoms with Gasteiger partial charge in [-0.05, 0) is 56.5 Å². The zero-order valence-electron chi connectivity index (χ0n) is 14.7. The van der Waals surface area contributed by atoms with E-state index in [1.54, 1.807) is 24.3 Å². The molecule has 0 aromatic heterocycles. The van der Waals surface area contributed by atoms with Crippen LogP contribution in [0.25, 0.3) is 0 Å². The number of hydrogen-bond donors (Lipinski definition) is 2. The standard InChI is InChI=1S/C19H27NO5.BH3/c1-2-24-11-17(18(21)22)14-3-5-16(6-4-14)25-13-19(23)12-20-9-7-15(19)8-10-20;/h3-6,15,17,23H,2,7-13H2,1H3,(H,21,22);1H3. The Labute approximate surface area is 156 Å². The molecule has 1 aromatic rings. The van der Waals surface area contributed by atoms with Gasteiger partial charge in [0.25, 0.3) is 0 Å². The lowest BCUT2D eigenvalue weighted by atomic mass is 9.76. The first kappa shape index (κ1) is 20.7. The highest BCUT2D eigenvalue weighted by Gasteiger charge is 2.45. The van der Waals surface area contributed by atoms with Gasteiger partial charge in [0.05, 0.1) is 15.0 Å². The first-order valence-corrected chi connectivity index (χ1v) is 9.00. The summed E-state index contributed by atoms with van der Waals surface area (Å²) in [6.07, 6.45) is 2.05. The Balaban J connectivity index is 0.00000243. The molecule has 26 heavy (non-hydrogen) atoms. The zero-order chi connectivity index (χ0) is 17.9. The third-order valence-electron chi connectivity index (χ3n) is 5.40. The Morgan fingerprint density at radius 3 is 2.46 bits per heavy atom.